The van der Waals surface area contributed by atoms with E-state index in [0.717, 1.165) is 5.75 Å². The monoisotopic (exact) mass is 167 g/mol. The van der Waals surface area contributed by atoms with Crippen LogP contribution in [-0.2, 0) is 0 Å². The minimum absolute atomic E-state index is 0.555. The van der Waals surface area contributed by atoms with Crippen LogP contribution in [0.5, 0.6) is 0 Å². The second-order valence-electron chi connectivity index (χ2n) is 1.63. The van der Waals surface area contributed by atoms with E-state index in [2.05, 4.69) is 0 Å². The third-order valence-corrected chi connectivity index (χ3v) is 2.33. The van der Waals surface area contributed by atoms with Gasteiger partial charge in [0.1, 0.15) is 0 Å². The molecule has 2 N–H and O–H groups in total. The van der Waals surface area contributed by atoms with E-state index in [9.17, 15) is 9.79 Å². The van der Waals surface area contributed by atoms with Crippen LogP contribution in [0.15, 0.2) is 0 Å². The molecule has 5 heteroatoms. The van der Waals surface area contributed by atoms with E-state index in [4.69, 9.17) is 5.73 Å². The molecule has 0 saturated carbocycles. The molecule has 0 rings (SSSR count). The van der Waals surface area contributed by atoms with Crippen LogP contribution in [0, 0.1) is 0 Å². The summed E-state index contributed by atoms with van der Waals surface area (Å²) in [5, 5.41) is 0. The first-order valence-corrected chi connectivity index (χ1v) is 5.20. The van der Waals surface area contributed by atoms with Crippen LogP contribution >= 0.6 is 20.1 Å². The molecular formula is C4H10NO2PS-2. The summed E-state index contributed by atoms with van der Waals surface area (Å²) in [5.41, 5.74) is 5.19. The summed E-state index contributed by atoms with van der Waals surface area (Å²) in [5.74, 6) is 0.164. The predicted octanol–water partition coefficient (Wildman–Crippen LogP) is -0.943. The van der Waals surface area contributed by atoms with Gasteiger partial charge in [-0.3, -0.25) is 8.38 Å². The van der Waals surface area contributed by atoms with Crippen molar-refractivity contribution in [3.8, 4) is 0 Å². The van der Waals surface area contributed by atoms with E-state index in [0.29, 0.717) is 6.42 Å². The molecule has 0 spiro atoms. The first kappa shape index (κ1) is 9.66. The lowest BCUT2D eigenvalue weighted by atomic mass is 10.5. The first-order valence-electron chi connectivity index (χ1n) is 2.56. The molecule has 0 aromatic rings. The summed E-state index contributed by atoms with van der Waals surface area (Å²) in [7, 11) is -2.41. The minimum Gasteiger partial charge on any atom is -0.840 e. The van der Waals surface area contributed by atoms with Crippen LogP contribution in [-0.4, -0.2) is 17.8 Å². The number of thioether (sulfide) groups is 1. The van der Waals surface area contributed by atoms with Crippen LogP contribution in [0.3, 0.4) is 0 Å². The fraction of sp³-hybridized carbons (Fsp3) is 1.00. The van der Waals surface area contributed by atoms with Crippen molar-refractivity contribution in [3.05, 3.63) is 0 Å². The van der Waals surface area contributed by atoms with E-state index in [1.165, 1.54) is 0 Å². The molecule has 0 aromatic carbocycles. The van der Waals surface area contributed by atoms with Crippen molar-refractivity contribution in [2.24, 2.45) is 5.73 Å². The van der Waals surface area contributed by atoms with Crippen molar-refractivity contribution in [2.75, 3.05) is 12.0 Å². The second kappa shape index (κ2) is 5.45. The number of nitrogens with two attached hydrogens (primary N) is 1. The molecule has 0 bridgehead atoms. The molecule has 0 saturated heterocycles. The Morgan fingerprint density at radius 3 is 2.56 bits per heavy atom. The van der Waals surface area contributed by atoms with E-state index < -0.39 is 14.2 Å². The normalized spacial score (nSPS) is 14.3. The smallest absolute Gasteiger partial charge is 0.00496 e. The summed E-state index contributed by atoms with van der Waals surface area (Å²) < 4.78 is 0. The van der Waals surface area contributed by atoms with Crippen molar-refractivity contribution in [1.82, 2.24) is 0 Å². The summed E-state index contributed by atoms with van der Waals surface area (Å²) in [4.78, 5) is 20.2. The molecule has 3 nitrogen and oxygen atoms in total. The molecule has 56 valence electrons. The maximum absolute atomic E-state index is 10.1. The molecule has 0 fully saturated rings. The van der Waals surface area contributed by atoms with Gasteiger partial charge in [0.05, 0.1) is 0 Å². The van der Waals surface area contributed by atoms with Crippen molar-refractivity contribution in [3.63, 3.8) is 0 Å². The minimum atomic E-state index is -2.41. The predicted molar refractivity (Wildman–Crippen MR) is 37.9 cm³/mol. The lowest BCUT2D eigenvalue weighted by molar-refractivity contribution is -0.295. The Labute approximate surface area is 60.6 Å². The molecular weight excluding hydrogens is 157 g/mol. The first-order chi connectivity index (χ1) is 4.18. The second-order valence-corrected chi connectivity index (χ2v) is 3.85. The van der Waals surface area contributed by atoms with Crippen molar-refractivity contribution < 1.29 is 9.79 Å². The Morgan fingerprint density at radius 2 is 2.22 bits per heavy atom. The summed E-state index contributed by atoms with van der Waals surface area (Å²) in [6.07, 6.45) is 2.48. The lowest BCUT2D eigenvalue weighted by Crippen LogP contribution is -2.29. The Bertz CT molecular complexity index is 73.6. The molecule has 0 aromatic heterocycles. The fourth-order valence-electron chi connectivity index (χ4n) is 0.344. The highest BCUT2D eigenvalue weighted by molar-refractivity contribution is 7.98. The molecule has 9 heavy (non-hydrogen) atoms. The highest BCUT2D eigenvalue weighted by Gasteiger charge is 1.94. The lowest BCUT2D eigenvalue weighted by Gasteiger charge is -2.37. The molecule has 0 heterocycles. The zero-order valence-corrected chi connectivity index (χ0v) is 6.95. The molecule has 0 radical (unpaired) electrons. The van der Waals surface area contributed by atoms with Gasteiger partial charge in [0, 0.05) is 0 Å². The molecule has 0 aliphatic rings. The average Bonchev–Trinajstić information content (AvgIpc) is 1.82. The van der Waals surface area contributed by atoms with Gasteiger partial charge >= 0.3 is 0 Å². The zero-order chi connectivity index (χ0) is 7.28. The largest absolute Gasteiger partial charge is 0.840 e. The number of rotatable bonds is 4. The van der Waals surface area contributed by atoms with Crippen LogP contribution in [0.25, 0.3) is 0 Å². The standard InChI is InChI=1S/C4H10NO2PS/c1-9-3-2-4(5)8(6)7/h4H,2-3,5H2,1H3/q-2/t4-/m1/s1. The summed E-state index contributed by atoms with van der Waals surface area (Å²) >= 11 is 1.60. The van der Waals surface area contributed by atoms with Gasteiger partial charge in [-0.15, -0.1) is 0 Å². The van der Waals surface area contributed by atoms with Crippen LogP contribution in [0.1, 0.15) is 6.42 Å². The molecule has 0 unspecified atom stereocenters. The van der Waals surface area contributed by atoms with Gasteiger partial charge in [0.25, 0.3) is 0 Å². The maximum atomic E-state index is 10.1. The molecule has 1 atom stereocenters. The SMILES string of the molecule is CSCC[C@H](N)P([O-])[O-]. The molecule has 0 aliphatic heterocycles. The van der Waals surface area contributed by atoms with Crippen molar-refractivity contribution in [2.45, 2.75) is 12.2 Å². The van der Waals surface area contributed by atoms with Gasteiger partial charge in [0.15, 0.2) is 0 Å². The van der Waals surface area contributed by atoms with E-state index >= 15 is 0 Å². The fourth-order valence-corrected chi connectivity index (χ4v) is 1.35. The van der Waals surface area contributed by atoms with Gasteiger partial charge < -0.3 is 15.5 Å². The number of hydrogen-bond donors (Lipinski definition) is 1. The summed E-state index contributed by atoms with van der Waals surface area (Å²) in [6.45, 7) is 0. The Morgan fingerprint density at radius 1 is 1.67 bits per heavy atom. The number of hydrogen-bond acceptors (Lipinski definition) is 4. The van der Waals surface area contributed by atoms with Crippen molar-refractivity contribution in [1.29, 1.82) is 0 Å². The van der Waals surface area contributed by atoms with E-state index in [1.807, 2.05) is 6.26 Å². The third-order valence-electron chi connectivity index (χ3n) is 0.889. The Hall–Kier alpha value is 0.660. The van der Waals surface area contributed by atoms with E-state index in [-0.39, 0.29) is 0 Å². The van der Waals surface area contributed by atoms with E-state index in [1.54, 1.807) is 11.8 Å². The zero-order valence-electron chi connectivity index (χ0n) is 5.24. The highest BCUT2D eigenvalue weighted by atomic mass is 32.2. The third kappa shape index (κ3) is 5.12. The maximum Gasteiger partial charge on any atom is -0.00496 e. The van der Waals surface area contributed by atoms with Gasteiger partial charge in [-0.1, -0.05) is 0 Å². The highest BCUT2D eigenvalue weighted by Crippen LogP contribution is 2.19. The Kier molecular flexibility index (Phi) is 5.84. The van der Waals surface area contributed by atoms with Gasteiger partial charge in [-0.25, -0.2) is 0 Å². The summed E-state index contributed by atoms with van der Waals surface area (Å²) in [6, 6.07) is 0. The van der Waals surface area contributed by atoms with Crippen LogP contribution in [0.4, 0.5) is 0 Å². The molecule has 0 aliphatic carbocycles. The quantitative estimate of drug-likeness (QED) is 0.548. The molecule has 0 amide bonds. The van der Waals surface area contributed by atoms with Crippen LogP contribution < -0.4 is 15.5 Å². The average molecular weight is 167 g/mol. The Balaban J connectivity index is 3.16. The van der Waals surface area contributed by atoms with Crippen LogP contribution in [0.2, 0.25) is 0 Å². The topological polar surface area (TPSA) is 72.1 Å². The van der Waals surface area contributed by atoms with Gasteiger partial charge in [-0.2, -0.15) is 11.8 Å². The van der Waals surface area contributed by atoms with Gasteiger partial charge in [0.2, 0.25) is 0 Å². The van der Waals surface area contributed by atoms with Gasteiger partial charge in [-0.05, 0) is 24.2 Å². The van der Waals surface area contributed by atoms with Crippen molar-refractivity contribution >= 4 is 20.1 Å².